The molecule has 0 amide bonds. The molecule has 3 rings (SSSR count). The molecule has 0 N–H and O–H groups in total. The molecule has 2 heterocycles. The fraction of sp³-hybridized carbons (Fsp3) is 0.909. The van der Waals surface area contributed by atoms with Crippen molar-refractivity contribution >= 4 is 0 Å². The zero-order valence-electron chi connectivity index (χ0n) is 17.4. The molecule has 1 spiro atoms. The Morgan fingerprint density at radius 2 is 2.08 bits per heavy atom. The van der Waals surface area contributed by atoms with E-state index in [9.17, 15) is 0 Å². The van der Waals surface area contributed by atoms with Crippen molar-refractivity contribution < 1.29 is 14.2 Å². The Labute approximate surface area is 160 Å². The van der Waals surface area contributed by atoms with Gasteiger partial charge >= 0.3 is 0 Å². The summed E-state index contributed by atoms with van der Waals surface area (Å²) in [5, 5.41) is 0. The largest absolute Gasteiger partial charge is 0.377 e. The average molecular weight is 366 g/mol. The van der Waals surface area contributed by atoms with Gasteiger partial charge in [0, 0.05) is 32.5 Å². The molecule has 2 saturated heterocycles. The van der Waals surface area contributed by atoms with E-state index in [-0.39, 0.29) is 17.3 Å². The topological polar surface area (TPSA) is 30.9 Å². The lowest BCUT2D eigenvalue weighted by atomic mass is 9.79. The van der Waals surface area contributed by atoms with Crippen LogP contribution in [0.25, 0.3) is 0 Å². The van der Waals surface area contributed by atoms with Crippen molar-refractivity contribution in [3.63, 3.8) is 0 Å². The van der Waals surface area contributed by atoms with Crippen LogP contribution >= 0.6 is 0 Å². The summed E-state index contributed by atoms with van der Waals surface area (Å²) in [5.74, 6) is -0.344. The van der Waals surface area contributed by atoms with E-state index in [1.807, 2.05) is 0 Å². The third-order valence-electron chi connectivity index (χ3n) is 6.10. The summed E-state index contributed by atoms with van der Waals surface area (Å²) in [5.41, 5.74) is 1.81. The highest BCUT2D eigenvalue weighted by atomic mass is 16.7. The van der Waals surface area contributed by atoms with Gasteiger partial charge in [0.1, 0.15) is 0 Å². The molecule has 3 atom stereocenters. The van der Waals surface area contributed by atoms with Crippen LogP contribution in [0.15, 0.2) is 11.6 Å². The monoisotopic (exact) mass is 365 g/mol. The van der Waals surface area contributed by atoms with Gasteiger partial charge < -0.3 is 19.1 Å². The molecular formula is C22H39NO3. The van der Waals surface area contributed by atoms with Crippen LogP contribution in [-0.2, 0) is 14.2 Å². The van der Waals surface area contributed by atoms with Crippen molar-refractivity contribution in [1.82, 2.24) is 4.90 Å². The van der Waals surface area contributed by atoms with Gasteiger partial charge in [0.15, 0.2) is 5.79 Å². The third-order valence-corrected chi connectivity index (χ3v) is 6.10. The lowest BCUT2D eigenvalue weighted by Crippen LogP contribution is -2.36. The fourth-order valence-corrected chi connectivity index (χ4v) is 4.50. The Hall–Kier alpha value is -0.420. The van der Waals surface area contributed by atoms with E-state index >= 15 is 0 Å². The van der Waals surface area contributed by atoms with E-state index in [4.69, 9.17) is 14.2 Å². The van der Waals surface area contributed by atoms with Crippen LogP contribution in [0.4, 0.5) is 0 Å². The first-order valence-corrected chi connectivity index (χ1v) is 10.8. The van der Waals surface area contributed by atoms with Crippen molar-refractivity contribution in [2.24, 2.45) is 5.41 Å². The number of hydrogen-bond donors (Lipinski definition) is 0. The summed E-state index contributed by atoms with van der Waals surface area (Å²) in [6.45, 7) is 14.1. The molecule has 4 nitrogen and oxygen atoms in total. The predicted molar refractivity (Wildman–Crippen MR) is 105 cm³/mol. The van der Waals surface area contributed by atoms with Gasteiger partial charge in [0.25, 0.3) is 0 Å². The summed E-state index contributed by atoms with van der Waals surface area (Å²) in [4.78, 5) is 2.56. The molecule has 0 aromatic rings. The molecule has 3 unspecified atom stereocenters. The molecule has 26 heavy (non-hydrogen) atoms. The number of allylic oxidation sites excluding steroid dienone is 1. The van der Waals surface area contributed by atoms with Gasteiger partial charge in [0.05, 0.1) is 18.8 Å². The number of ether oxygens (including phenoxy) is 3. The molecule has 0 radical (unpaired) electrons. The van der Waals surface area contributed by atoms with Crippen molar-refractivity contribution in [3.8, 4) is 0 Å². The van der Waals surface area contributed by atoms with Gasteiger partial charge in [-0.15, -0.1) is 0 Å². The van der Waals surface area contributed by atoms with Crippen LogP contribution in [0, 0.1) is 5.41 Å². The van der Waals surface area contributed by atoms with Crippen LogP contribution < -0.4 is 0 Å². The van der Waals surface area contributed by atoms with Crippen LogP contribution in [0.5, 0.6) is 0 Å². The van der Waals surface area contributed by atoms with E-state index in [0.29, 0.717) is 6.10 Å². The number of rotatable bonds is 7. The first-order chi connectivity index (χ1) is 12.4. The maximum absolute atomic E-state index is 6.42. The van der Waals surface area contributed by atoms with Crippen molar-refractivity contribution in [2.75, 3.05) is 32.8 Å². The Kier molecular flexibility index (Phi) is 6.82. The van der Waals surface area contributed by atoms with E-state index in [1.54, 1.807) is 5.57 Å². The van der Waals surface area contributed by atoms with Gasteiger partial charge in [-0.2, -0.15) is 0 Å². The normalized spacial score (nSPS) is 32.6. The fourth-order valence-electron chi connectivity index (χ4n) is 4.50. The Bertz CT molecular complexity index is 478. The smallest absolute Gasteiger partial charge is 0.172 e. The van der Waals surface area contributed by atoms with Crippen molar-refractivity contribution in [2.45, 2.75) is 90.6 Å². The lowest BCUT2D eigenvalue weighted by Gasteiger charge is -2.35. The Morgan fingerprint density at radius 3 is 2.69 bits per heavy atom. The summed E-state index contributed by atoms with van der Waals surface area (Å²) < 4.78 is 18.4. The summed E-state index contributed by atoms with van der Waals surface area (Å²) >= 11 is 0. The minimum Gasteiger partial charge on any atom is -0.377 e. The van der Waals surface area contributed by atoms with Crippen LogP contribution in [-0.4, -0.2) is 55.7 Å². The average Bonchev–Trinajstić information content (AvgIpc) is 3.23. The first-order valence-electron chi connectivity index (χ1n) is 10.8. The second kappa shape index (κ2) is 8.72. The van der Waals surface area contributed by atoms with Crippen LogP contribution in [0.3, 0.4) is 0 Å². The highest BCUT2D eigenvalue weighted by Gasteiger charge is 2.43. The van der Waals surface area contributed by atoms with Crippen LogP contribution in [0.1, 0.15) is 72.6 Å². The van der Waals surface area contributed by atoms with Crippen molar-refractivity contribution in [3.05, 3.63) is 11.6 Å². The molecule has 0 aromatic heterocycles. The summed E-state index contributed by atoms with van der Waals surface area (Å²) in [7, 11) is 0. The molecule has 1 aliphatic carbocycles. The Morgan fingerprint density at radius 1 is 1.23 bits per heavy atom. The Balaban J connectivity index is 1.45. The summed E-state index contributed by atoms with van der Waals surface area (Å²) in [6, 6.07) is 0. The van der Waals surface area contributed by atoms with E-state index < -0.39 is 0 Å². The maximum Gasteiger partial charge on any atom is 0.172 e. The zero-order valence-corrected chi connectivity index (χ0v) is 17.4. The van der Waals surface area contributed by atoms with Gasteiger partial charge in [-0.3, -0.25) is 0 Å². The standard InChI is InChI=1S/C22H39NO3/c1-5-13-23(16-19-7-6-15-24-19)14-10-20-17-25-22(26-20)11-8-18(9-12-22)21(2,3)4/h8,19-20H,5-7,9-17H2,1-4H3. The highest BCUT2D eigenvalue weighted by molar-refractivity contribution is 5.16. The molecule has 0 aromatic carbocycles. The molecular weight excluding hydrogens is 326 g/mol. The van der Waals surface area contributed by atoms with Crippen LogP contribution in [0.2, 0.25) is 0 Å². The first kappa shape index (κ1) is 20.3. The van der Waals surface area contributed by atoms with E-state index in [0.717, 1.165) is 58.5 Å². The summed E-state index contributed by atoms with van der Waals surface area (Å²) in [6.07, 6.45) is 10.7. The molecule has 150 valence electrons. The number of hydrogen-bond acceptors (Lipinski definition) is 4. The molecule has 0 bridgehead atoms. The van der Waals surface area contributed by atoms with E-state index in [2.05, 4.69) is 38.7 Å². The second-order valence-corrected chi connectivity index (χ2v) is 9.37. The quantitative estimate of drug-likeness (QED) is 0.620. The maximum atomic E-state index is 6.42. The van der Waals surface area contributed by atoms with Gasteiger partial charge in [-0.05, 0) is 44.1 Å². The molecule has 2 fully saturated rings. The van der Waals surface area contributed by atoms with E-state index in [1.165, 1.54) is 19.3 Å². The van der Waals surface area contributed by atoms with Crippen molar-refractivity contribution in [1.29, 1.82) is 0 Å². The molecule has 2 aliphatic heterocycles. The minimum absolute atomic E-state index is 0.239. The second-order valence-electron chi connectivity index (χ2n) is 9.37. The SMILES string of the molecule is CCCN(CCC1COC2(CC=C(C(C)(C)C)CC2)O1)CC1CCCO1. The third kappa shape index (κ3) is 5.31. The van der Waals surface area contributed by atoms with Gasteiger partial charge in [0.2, 0.25) is 0 Å². The molecule has 0 saturated carbocycles. The minimum atomic E-state index is -0.344. The molecule has 4 heteroatoms. The number of nitrogens with zero attached hydrogens (tertiary/aromatic N) is 1. The highest BCUT2D eigenvalue weighted by Crippen LogP contribution is 2.42. The van der Waals surface area contributed by atoms with Gasteiger partial charge in [-0.25, -0.2) is 0 Å². The zero-order chi connectivity index (χ0) is 18.6. The predicted octanol–water partition coefficient (Wildman–Crippen LogP) is 4.54. The molecule has 3 aliphatic rings. The van der Waals surface area contributed by atoms with Gasteiger partial charge in [-0.1, -0.05) is 39.3 Å². The lowest BCUT2D eigenvalue weighted by molar-refractivity contribution is -0.174.